The quantitative estimate of drug-likeness (QED) is 0.865. The lowest BCUT2D eigenvalue weighted by atomic mass is 9.79. The number of carbonyl (C=O) groups is 1. The van der Waals surface area contributed by atoms with Crippen molar-refractivity contribution in [2.45, 2.75) is 26.8 Å². The molecule has 2 N–H and O–H groups in total. The molecule has 0 radical (unpaired) electrons. The van der Waals surface area contributed by atoms with Crippen molar-refractivity contribution in [2.75, 3.05) is 14.2 Å². The van der Waals surface area contributed by atoms with E-state index in [4.69, 9.17) is 15.2 Å². The van der Waals surface area contributed by atoms with E-state index in [9.17, 15) is 4.79 Å². The number of rotatable bonds is 4. The number of nitrogens with two attached hydrogens (primary N) is 1. The molecule has 0 unspecified atom stereocenters. The number of halogens is 1. The number of methoxy groups -OCH3 is 2. The van der Waals surface area contributed by atoms with E-state index >= 15 is 0 Å². The summed E-state index contributed by atoms with van der Waals surface area (Å²) in [6, 6.07) is 5.22. The first kappa shape index (κ1) is 17.7. The minimum atomic E-state index is -0.770. The Morgan fingerprint density at radius 2 is 1.89 bits per heavy atom. The number of hydrogen-bond donors (Lipinski definition) is 1. The third kappa shape index (κ3) is 3.61. The van der Waals surface area contributed by atoms with E-state index in [0.717, 1.165) is 16.9 Å². The lowest BCUT2D eigenvalue weighted by molar-refractivity contribution is -0.152. The first-order valence-electron chi connectivity index (χ1n) is 5.83. The molecule has 0 aliphatic rings. The van der Waals surface area contributed by atoms with Crippen LogP contribution in [-0.2, 0) is 9.53 Å². The molecule has 0 saturated heterocycles. The number of benzene rings is 1. The Morgan fingerprint density at radius 3 is 2.32 bits per heavy atom. The van der Waals surface area contributed by atoms with Gasteiger partial charge < -0.3 is 15.2 Å². The van der Waals surface area contributed by atoms with Gasteiger partial charge in [0.15, 0.2) is 0 Å². The van der Waals surface area contributed by atoms with E-state index in [1.165, 1.54) is 7.11 Å². The van der Waals surface area contributed by atoms with Crippen LogP contribution in [-0.4, -0.2) is 20.2 Å². The summed E-state index contributed by atoms with van der Waals surface area (Å²) in [7, 11) is 2.99. The highest BCUT2D eigenvalue weighted by atomic mass is 35.5. The highest BCUT2D eigenvalue weighted by Crippen LogP contribution is 2.34. The normalized spacial score (nSPS) is 12.3. The van der Waals surface area contributed by atoms with Gasteiger partial charge in [0.2, 0.25) is 0 Å². The third-order valence-corrected chi connectivity index (χ3v) is 3.30. The van der Waals surface area contributed by atoms with Gasteiger partial charge >= 0.3 is 5.97 Å². The molecule has 1 aromatic rings. The molecule has 0 aromatic heterocycles. The van der Waals surface area contributed by atoms with Crippen LogP contribution in [0.15, 0.2) is 18.2 Å². The van der Waals surface area contributed by atoms with E-state index in [1.807, 2.05) is 25.1 Å². The van der Waals surface area contributed by atoms with Crippen LogP contribution in [0.25, 0.3) is 0 Å². The Morgan fingerprint density at radius 1 is 1.32 bits per heavy atom. The van der Waals surface area contributed by atoms with Crippen LogP contribution in [0.5, 0.6) is 5.75 Å². The fourth-order valence-electron chi connectivity index (χ4n) is 1.90. The number of aryl methyl sites for hydroxylation is 1. The van der Waals surface area contributed by atoms with E-state index in [1.54, 1.807) is 21.0 Å². The van der Waals surface area contributed by atoms with Crippen molar-refractivity contribution in [1.82, 2.24) is 0 Å². The summed E-state index contributed by atoms with van der Waals surface area (Å²) in [5.41, 5.74) is 7.35. The Hall–Kier alpha value is -1.26. The molecule has 0 heterocycles. The Kier molecular flexibility index (Phi) is 6.33. The standard InChI is InChI=1S/C14H21NO3.ClH/c1-9-8-10(17-4)6-7-11(9)12(15)14(2,3)13(16)18-5;/h6-8,12H,15H2,1-5H3;1H/t12-;/m0./s1. The van der Waals surface area contributed by atoms with Crippen molar-refractivity contribution in [3.63, 3.8) is 0 Å². The molecule has 1 rings (SSSR count). The first-order valence-corrected chi connectivity index (χ1v) is 5.83. The largest absolute Gasteiger partial charge is 0.497 e. The summed E-state index contributed by atoms with van der Waals surface area (Å²) in [5.74, 6) is 0.463. The Bertz CT molecular complexity index is 446. The van der Waals surface area contributed by atoms with Gasteiger partial charge in [-0.1, -0.05) is 6.07 Å². The molecule has 0 aliphatic carbocycles. The molecular formula is C14H22ClNO3. The van der Waals surface area contributed by atoms with E-state index in [0.29, 0.717) is 0 Å². The van der Waals surface area contributed by atoms with Crippen LogP contribution < -0.4 is 10.5 Å². The summed E-state index contributed by atoms with van der Waals surface area (Å²) in [5, 5.41) is 0. The maximum absolute atomic E-state index is 11.8. The highest BCUT2D eigenvalue weighted by molar-refractivity contribution is 5.85. The van der Waals surface area contributed by atoms with Crippen LogP contribution in [0.1, 0.15) is 31.0 Å². The zero-order valence-corrected chi connectivity index (χ0v) is 12.8. The first-order chi connectivity index (χ1) is 8.34. The monoisotopic (exact) mass is 287 g/mol. The molecule has 0 fully saturated rings. The number of carbonyl (C=O) groups excluding carboxylic acids is 1. The Labute approximate surface area is 120 Å². The second-order valence-corrected chi connectivity index (χ2v) is 4.91. The summed E-state index contributed by atoms with van der Waals surface area (Å²) in [4.78, 5) is 11.8. The molecule has 4 nitrogen and oxygen atoms in total. The average Bonchev–Trinajstić information content (AvgIpc) is 2.36. The second kappa shape index (κ2) is 6.78. The van der Waals surface area contributed by atoms with E-state index < -0.39 is 11.5 Å². The van der Waals surface area contributed by atoms with Crippen molar-refractivity contribution < 1.29 is 14.3 Å². The van der Waals surface area contributed by atoms with Gasteiger partial charge in [0.25, 0.3) is 0 Å². The van der Waals surface area contributed by atoms with E-state index in [-0.39, 0.29) is 18.4 Å². The van der Waals surface area contributed by atoms with Crippen LogP contribution in [0.2, 0.25) is 0 Å². The van der Waals surface area contributed by atoms with Crippen molar-refractivity contribution in [3.8, 4) is 5.75 Å². The molecule has 108 valence electrons. The van der Waals surface area contributed by atoms with Gasteiger partial charge in [-0.2, -0.15) is 0 Å². The molecule has 0 aliphatic heterocycles. The predicted molar refractivity (Wildman–Crippen MR) is 77.7 cm³/mol. The SMILES string of the molecule is COC(=O)C(C)(C)[C@@H](N)c1ccc(OC)cc1C.Cl. The summed E-state index contributed by atoms with van der Waals surface area (Å²) >= 11 is 0. The summed E-state index contributed by atoms with van der Waals surface area (Å²) in [6.07, 6.45) is 0. The number of esters is 1. The predicted octanol–water partition coefficient (Wildman–Crippen LogP) is 2.62. The minimum Gasteiger partial charge on any atom is -0.497 e. The lowest BCUT2D eigenvalue weighted by Gasteiger charge is -2.30. The molecule has 0 amide bonds. The minimum absolute atomic E-state index is 0. The van der Waals surface area contributed by atoms with Gasteiger partial charge in [0, 0.05) is 6.04 Å². The zero-order valence-electron chi connectivity index (χ0n) is 12.0. The van der Waals surface area contributed by atoms with Gasteiger partial charge in [-0.15, -0.1) is 12.4 Å². The number of hydrogen-bond acceptors (Lipinski definition) is 4. The third-order valence-electron chi connectivity index (χ3n) is 3.30. The molecule has 1 atom stereocenters. The molecule has 1 aromatic carbocycles. The summed E-state index contributed by atoms with van der Waals surface area (Å²) < 4.78 is 9.95. The smallest absolute Gasteiger partial charge is 0.313 e. The van der Waals surface area contributed by atoms with Gasteiger partial charge in [-0.05, 0) is 44.0 Å². The van der Waals surface area contributed by atoms with Crippen molar-refractivity contribution in [3.05, 3.63) is 29.3 Å². The summed E-state index contributed by atoms with van der Waals surface area (Å²) in [6.45, 7) is 5.52. The molecule has 5 heteroatoms. The van der Waals surface area contributed by atoms with Crippen molar-refractivity contribution in [1.29, 1.82) is 0 Å². The maximum atomic E-state index is 11.8. The van der Waals surface area contributed by atoms with Gasteiger partial charge in [-0.25, -0.2) is 0 Å². The highest BCUT2D eigenvalue weighted by Gasteiger charge is 2.37. The van der Waals surface area contributed by atoms with Gasteiger partial charge in [0.1, 0.15) is 5.75 Å². The van der Waals surface area contributed by atoms with Gasteiger partial charge in [-0.3, -0.25) is 4.79 Å². The van der Waals surface area contributed by atoms with Crippen LogP contribution in [0.4, 0.5) is 0 Å². The van der Waals surface area contributed by atoms with Crippen molar-refractivity contribution >= 4 is 18.4 Å². The second-order valence-electron chi connectivity index (χ2n) is 4.91. The topological polar surface area (TPSA) is 61.5 Å². The number of ether oxygens (including phenoxy) is 2. The van der Waals surface area contributed by atoms with E-state index in [2.05, 4.69) is 0 Å². The maximum Gasteiger partial charge on any atom is 0.313 e. The molecule has 19 heavy (non-hydrogen) atoms. The average molecular weight is 288 g/mol. The van der Waals surface area contributed by atoms with Crippen LogP contribution in [0, 0.1) is 12.3 Å². The van der Waals surface area contributed by atoms with Crippen molar-refractivity contribution in [2.24, 2.45) is 11.1 Å². The molecule has 0 saturated carbocycles. The van der Waals surface area contributed by atoms with Crippen LogP contribution in [0.3, 0.4) is 0 Å². The lowest BCUT2D eigenvalue weighted by Crippen LogP contribution is -2.37. The Balaban J connectivity index is 0.00000324. The molecule has 0 spiro atoms. The zero-order chi connectivity index (χ0) is 13.9. The molecular weight excluding hydrogens is 266 g/mol. The van der Waals surface area contributed by atoms with Crippen LogP contribution >= 0.6 is 12.4 Å². The fourth-order valence-corrected chi connectivity index (χ4v) is 1.90. The van der Waals surface area contributed by atoms with Gasteiger partial charge in [0.05, 0.1) is 19.6 Å². The molecule has 0 bridgehead atoms. The fraction of sp³-hybridized carbons (Fsp3) is 0.500.